The molecule has 2 rings (SSSR count). The van der Waals surface area contributed by atoms with E-state index in [0.717, 1.165) is 5.06 Å². The minimum Gasteiger partial charge on any atom is -0.370 e. The Morgan fingerprint density at radius 2 is 1.76 bits per heavy atom. The van der Waals surface area contributed by atoms with E-state index < -0.39 is 43.7 Å². The van der Waals surface area contributed by atoms with Crippen molar-refractivity contribution < 1.29 is 33.1 Å². The highest BCUT2D eigenvalue weighted by Gasteiger charge is 2.53. The summed E-state index contributed by atoms with van der Waals surface area (Å²) in [7, 11) is -3.23. The van der Waals surface area contributed by atoms with Gasteiger partial charge in [0.05, 0.1) is 13.2 Å². The minimum absolute atomic E-state index is 0.0325. The van der Waals surface area contributed by atoms with Crippen LogP contribution in [0.4, 0.5) is 0 Å². The van der Waals surface area contributed by atoms with Crippen LogP contribution < -0.4 is 5.73 Å². The maximum Gasteiger partial charge on any atom is 0.257 e. The first-order chi connectivity index (χ1) is 15.8. The molecule has 2 aliphatic heterocycles. The predicted octanol–water partition coefficient (Wildman–Crippen LogP) is 1.41. The zero-order valence-corrected chi connectivity index (χ0v) is 22.0. The molecule has 0 aromatic heterocycles. The number of amides is 4. The Balaban J connectivity index is 2.47. The molecular weight excluding hydrogens is 463 g/mol. The van der Waals surface area contributed by atoms with E-state index in [-0.39, 0.29) is 49.8 Å². The van der Waals surface area contributed by atoms with Crippen LogP contribution in [0.15, 0.2) is 0 Å². The SMILES string of the molecule is CCOP(C)(=O)CC(=O)N1O[C@H](CC(C)C)C(=O)N2[C@@H]1CN(CCC(N)=O)C(=O)[C@@H]2CC(C)C. The summed E-state index contributed by atoms with van der Waals surface area (Å²) in [4.78, 5) is 60.3. The topological polar surface area (TPSA) is 140 Å². The fourth-order valence-corrected chi connectivity index (χ4v) is 5.63. The zero-order chi connectivity index (χ0) is 25.8. The number of hydroxylamine groups is 2. The number of nitrogens with two attached hydrogens (primary N) is 1. The number of carbonyl (C=O) groups excluding carboxylic acids is 4. The van der Waals surface area contributed by atoms with E-state index in [2.05, 4.69) is 0 Å². The lowest BCUT2D eigenvalue weighted by Gasteiger charge is -2.53. The second-order valence-electron chi connectivity index (χ2n) is 9.91. The quantitative estimate of drug-likeness (QED) is 0.421. The Morgan fingerprint density at radius 3 is 2.29 bits per heavy atom. The van der Waals surface area contributed by atoms with Crippen molar-refractivity contribution in [3.8, 4) is 0 Å². The molecule has 4 amide bonds. The van der Waals surface area contributed by atoms with Gasteiger partial charge in [-0.3, -0.25) is 28.6 Å². The van der Waals surface area contributed by atoms with E-state index in [1.54, 1.807) is 6.92 Å². The van der Waals surface area contributed by atoms with E-state index in [4.69, 9.17) is 15.1 Å². The highest BCUT2D eigenvalue weighted by Crippen LogP contribution is 2.43. The van der Waals surface area contributed by atoms with Gasteiger partial charge in [0.1, 0.15) is 12.2 Å². The van der Waals surface area contributed by atoms with Gasteiger partial charge in [0.15, 0.2) is 12.3 Å². The molecule has 2 aliphatic rings. The first-order valence-electron chi connectivity index (χ1n) is 11.9. The molecular formula is C22H39N4O7P. The Morgan fingerprint density at radius 1 is 1.15 bits per heavy atom. The number of nitrogens with zero attached hydrogens (tertiary/aromatic N) is 3. The fraction of sp³-hybridized carbons (Fsp3) is 0.818. The highest BCUT2D eigenvalue weighted by molar-refractivity contribution is 7.59. The first-order valence-corrected chi connectivity index (χ1v) is 14.1. The van der Waals surface area contributed by atoms with Crippen LogP contribution in [0.1, 0.15) is 53.9 Å². The lowest BCUT2D eigenvalue weighted by Crippen LogP contribution is -2.74. The largest absolute Gasteiger partial charge is 0.370 e. The molecule has 2 saturated heterocycles. The number of hydrogen-bond acceptors (Lipinski definition) is 7. The van der Waals surface area contributed by atoms with Crippen LogP contribution in [0.3, 0.4) is 0 Å². The van der Waals surface area contributed by atoms with E-state index >= 15 is 0 Å². The minimum atomic E-state index is -3.23. The van der Waals surface area contributed by atoms with Gasteiger partial charge < -0.3 is 20.1 Å². The third-order valence-electron chi connectivity index (χ3n) is 5.76. The molecule has 0 spiro atoms. The van der Waals surface area contributed by atoms with Crippen LogP contribution in [-0.4, -0.2) is 89.3 Å². The maximum atomic E-state index is 13.5. The average Bonchev–Trinajstić information content (AvgIpc) is 2.69. The molecule has 0 radical (unpaired) electrons. The molecule has 1 unspecified atom stereocenters. The average molecular weight is 503 g/mol. The summed E-state index contributed by atoms with van der Waals surface area (Å²) < 4.78 is 18.0. The van der Waals surface area contributed by atoms with Crippen LogP contribution in [0.5, 0.6) is 0 Å². The lowest BCUT2D eigenvalue weighted by molar-refractivity contribution is -0.275. The summed E-state index contributed by atoms with van der Waals surface area (Å²) in [5.41, 5.74) is 5.29. The van der Waals surface area contributed by atoms with Crippen molar-refractivity contribution in [3.05, 3.63) is 0 Å². The Bertz CT molecular complexity index is 834. The van der Waals surface area contributed by atoms with Gasteiger partial charge in [-0.05, 0) is 31.6 Å². The lowest BCUT2D eigenvalue weighted by atomic mass is 9.95. The number of primary amides is 1. The normalized spacial score (nSPS) is 25.1. The number of fused-ring (bicyclic) bond motifs is 1. The second kappa shape index (κ2) is 11.6. The van der Waals surface area contributed by atoms with Gasteiger partial charge in [-0.15, -0.1) is 0 Å². The smallest absolute Gasteiger partial charge is 0.257 e. The number of piperazine rings is 1. The summed E-state index contributed by atoms with van der Waals surface area (Å²) in [5, 5.41) is 1.10. The van der Waals surface area contributed by atoms with Gasteiger partial charge in [0, 0.05) is 19.6 Å². The van der Waals surface area contributed by atoms with Crippen molar-refractivity contribution in [3.63, 3.8) is 0 Å². The van der Waals surface area contributed by atoms with Crippen LogP contribution in [0, 0.1) is 11.8 Å². The highest BCUT2D eigenvalue weighted by atomic mass is 31.2. The van der Waals surface area contributed by atoms with Gasteiger partial charge in [0.2, 0.25) is 19.2 Å². The molecule has 0 aromatic carbocycles. The van der Waals surface area contributed by atoms with Gasteiger partial charge in [-0.1, -0.05) is 27.7 Å². The van der Waals surface area contributed by atoms with Crippen molar-refractivity contribution in [1.82, 2.24) is 14.9 Å². The van der Waals surface area contributed by atoms with Crippen molar-refractivity contribution in [2.45, 2.75) is 72.2 Å². The van der Waals surface area contributed by atoms with Crippen LogP contribution in [0.2, 0.25) is 0 Å². The van der Waals surface area contributed by atoms with Gasteiger partial charge in [-0.25, -0.2) is 0 Å². The van der Waals surface area contributed by atoms with Crippen LogP contribution >= 0.6 is 7.37 Å². The molecule has 12 heteroatoms. The Labute approximate surface area is 201 Å². The molecule has 2 N–H and O–H groups in total. The molecule has 2 fully saturated rings. The molecule has 0 bridgehead atoms. The molecule has 0 saturated carbocycles. The van der Waals surface area contributed by atoms with E-state index in [1.807, 2.05) is 27.7 Å². The summed E-state index contributed by atoms with van der Waals surface area (Å²) in [6.07, 6.45) is -1.54. The van der Waals surface area contributed by atoms with Gasteiger partial charge >= 0.3 is 0 Å². The molecule has 4 atom stereocenters. The molecule has 194 valence electrons. The van der Waals surface area contributed by atoms with Crippen molar-refractivity contribution in [2.75, 3.05) is 32.5 Å². The Kier molecular flexibility index (Phi) is 9.68. The van der Waals surface area contributed by atoms with Crippen LogP contribution in [-0.2, 0) is 33.1 Å². The van der Waals surface area contributed by atoms with E-state index in [1.165, 1.54) is 16.5 Å². The van der Waals surface area contributed by atoms with Crippen molar-refractivity contribution >= 4 is 31.0 Å². The third-order valence-corrected chi connectivity index (χ3v) is 7.41. The number of rotatable bonds is 11. The number of carbonyl (C=O) groups is 4. The van der Waals surface area contributed by atoms with Gasteiger partial charge in [-0.2, -0.15) is 5.06 Å². The Hall–Kier alpha value is -1.97. The molecule has 11 nitrogen and oxygen atoms in total. The van der Waals surface area contributed by atoms with Crippen molar-refractivity contribution in [1.29, 1.82) is 0 Å². The monoisotopic (exact) mass is 502 g/mol. The molecule has 34 heavy (non-hydrogen) atoms. The van der Waals surface area contributed by atoms with Crippen LogP contribution in [0.25, 0.3) is 0 Å². The summed E-state index contributed by atoms with van der Waals surface area (Å²) >= 11 is 0. The molecule has 2 heterocycles. The van der Waals surface area contributed by atoms with E-state index in [9.17, 15) is 23.7 Å². The predicted molar refractivity (Wildman–Crippen MR) is 125 cm³/mol. The zero-order valence-electron chi connectivity index (χ0n) is 21.1. The summed E-state index contributed by atoms with van der Waals surface area (Å²) in [6.45, 7) is 11.1. The fourth-order valence-electron chi connectivity index (χ4n) is 4.36. The molecule has 0 aromatic rings. The summed E-state index contributed by atoms with van der Waals surface area (Å²) in [6, 6.07) is -0.812. The van der Waals surface area contributed by atoms with Gasteiger partial charge in [0.25, 0.3) is 11.8 Å². The summed E-state index contributed by atoms with van der Waals surface area (Å²) in [5.74, 6) is -1.58. The molecule has 0 aliphatic carbocycles. The second-order valence-corrected chi connectivity index (χ2v) is 12.5. The third kappa shape index (κ3) is 7.02. The van der Waals surface area contributed by atoms with Crippen molar-refractivity contribution in [2.24, 2.45) is 17.6 Å². The first kappa shape index (κ1) is 28.3. The number of hydrogen-bond donors (Lipinski definition) is 1. The maximum absolute atomic E-state index is 13.5. The van der Waals surface area contributed by atoms with E-state index in [0.29, 0.717) is 12.8 Å². The standard InChI is InChI=1S/C22H39N4O7P/c1-7-32-34(6,31)13-20(28)26-19-12-24(9-8-18(23)27)21(29)16(10-14(2)3)25(19)22(30)17(33-26)11-15(4)5/h14-17,19H,7-13H2,1-6H3,(H2,23,27)/t16-,17+,19-,34?/m0/s1.